The molecule has 1 aliphatic carbocycles. The van der Waals surface area contributed by atoms with E-state index < -0.39 is 0 Å². The van der Waals surface area contributed by atoms with Gasteiger partial charge in [-0.1, -0.05) is 0 Å². The highest BCUT2D eigenvalue weighted by Crippen LogP contribution is 2.34. The minimum atomic E-state index is 0.0920. The summed E-state index contributed by atoms with van der Waals surface area (Å²) >= 11 is 0. The summed E-state index contributed by atoms with van der Waals surface area (Å²) in [6, 6.07) is 0.404. The summed E-state index contributed by atoms with van der Waals surface area (Å²) < 4.78 is 10.8. The van der Waals surface area contributed by atoms with E-state index in [1.807, 2.05) is 7.11 Å². The van der Waals surface area contributed by atoms with Crippen molar-refractivity contribution >= 4 is 0 Å². The Hall–Kier alpha value is -0.160. The third-order valence-corrected chi connectivity index (χ3v) is 3.54. The molecular weight excluding hydrogens is 204 g/mol. The van der Waals surface area contributed by atoms with Gasteiger partial charge in [0, 0.05) is 26.8 Å². The Balaban J connectivity index is 2.24. The molecule has 4 heteroatoms. The summed E-state index contributed by atoms with van der Waals surface area (Å²) in [7, 11) is 3.55. The third-order valence-electron chi connectivity index (χ3n) is 3.54. The number of ether oxygens (including phenoxy) is 2. The van der Waals surface area contributed by atoms with Crippen LogP contribution in [0.15, 0.2) is 0 Å². The van der Waals surface area contributed by atoms with Gasteiger partial charge in [-0.3, -0.25) is 0 Å². The lowest BCUT2D eigenvalue weighted by atomic mass is 9.80. The summed E-state index contributed by atoms with van der Waals surface area (Å²) in [6.07, 6.45) is 5.75. The Morgan fingerprint density at radius 3 is 2.56 bits per heavy atom. The van der Waals surface area contributed by atoms with Crippen LogP contribution in [0.5, 0.6) is 0 Å². The second-order valence-corrected chi connectivity index (χ2v) is 4.70. The van der Waals surface area contributed by atoms with Crippen LogP contribution in [-0.2, 0) is 9.47 Å². The van der Waals surface area contributed by atoms with Gasteiger partial charge in [0.1, 0.15) is 0 Å². The number of hydrogen-bond donors (Lipinski definition) is 2. The SMILES string of the molecule is COCC(CCCN)NCC1(OC)CCC1. The average molecular weight is 230 g/mol. The maximum absolute atomic E-state index is 5.58. The zero-order chi connectivity index (χ0) is 11.9. The largest absolute Gasteiger partial charge is 0.383 e. The summed E-state index contributed by atoms with van der Waals surface area (Å²) in [5, 5.41) is 3.54. The fourth-order valence-corrected chi connectivity index (χ4v) is 2.16. The molecule has 4 nitrogen and oxygen atoms in total. The minimum Gasteiger partial charge on any atom is -0.383 e. The lowest BCUT2D eigenvalue weighted by molar-refractivity contribution is -0.0720. The van der Waals surface area contributed by atoms with E-state index in [1.54, 1.807) is 7.11 Å². The molecule has 1 aliphatic rings. The lowest BCUT2D eigenvalue weighted by Crippen LogP contribution is -2.51. The monoisotopic (exact) mass is 230 g/mol. The van der Waals surface area contributed by atoms with E-state index in [9.17, 15) is 0 Å². The van der Waals surface area contributed by atoms with E-state index in [4.69, 9.17) is 15.2 Å². The molecule has 1 atom stereocenters. The topological polar surface area (TPSA) is 56.5 Å². The fourth-order valence-electron chi connectivity index (χ4n) is 2.16. The fraction of sp³-hybridized carbons (Fsp3) is 1.00. The Morgan fingerprint density at radius 2 is 2.12 bits per heavy atom. The molecule has 1 unspecified atom stereocenters. The molecule has 0 aliphatic heterocycles. The molecule has 0 aromatic carbocycles. The molecular formula is C12H26N2O2. The van der Waals surface area contributed by atoms with Crippen LogP contribution in [0.2, 0.25) is 0 Å². The van der Waals surface area contributed by atoms with Gasteiger partial charge in [-0.15, -0.1) is 0 Å². The van der Waals surface area contributed by atoms with Gasteiger partial charge in [0.2, 0.25) is 0 Å². The van der Waals surface area contributed by atoms with Crippen molar-refractivity contribution in [1.82, 2.24) is 5.32 Å². The van der Waals surface area contributed by atoms with Gasteiger partial charge in [0.05, 0.1) is 12.2 Å². The van der Waals surface area contributed by atoms with Crippen molar-refractivity contribution in [1.29, 1.82) is 0 Å². The van der Waals surface area contributed by atoms with Crippen molar-refractivity contribution in [3.05, 3.63) is 0 Å². The first-order valence-electron chi connectivity index (χ1n) is 6.24. The van der Waals surface area contributed by atoms with Gasteiger partial charge < -0.3 is 20.5 Å². The highest BCUT2D eigenvalue weighted by Gasteiger charge is 2.36. The molecule has 16 heavy (non-hydrogen) atoms. The van der Waals surface area contributed by atoms with Gasteiger partial charge in [-0.05, 0) is 38.6 Å². The average Bonchev–Trinajstić information content (AvgIpc) is 2.24. The quantitative estimate of drug-likeness (QED) is 0.618. The van der Waals surface area contributed by atoms with Crippen molar-refractivity contribution in [3.63, 3.8) is 0 Å². The molecule has 0 spiro atoms. The summed E-state index contributed by atoms with van der Waals surface area (Å²) in [4.78, 5) is 0. The third kappa shape index (κ3) is 4.01. The minimum absolute atomic E-state index is 0.0920. The van der Waals surface area contributed by atoms with Crippen LogP contribution in [0.4, 0.5) is 0 Å². The number of nitrogens with two attached hydrogens (primary N) is 1. The maximum Gasteiger partial charge on any atom is 0.0802 e. The first-order valence-corrected chi connectivity index (χ1v) is 6.24. The van der Waals surface area contributed by atoms with E-state index >= 15 is 0 Å². The van der Waals surface area contributed by atoms with Gasteiger partial charge in [0.25, 0.3) is 0 Å². The van der Waals surface area contributed by atoms with Crippen LogP contribution < -0.4 is 11.1 Å². The number of rotatable bonds is 9. The van der Waals surface area contributed by atoms with Gasteiger partial charge in [0.15, 0.2) is 0 Å². The van der Waals surface area contributed by atoms with Gasteiger partial charge >= 0.3 is 0 Å². The number of nitrogens with one attached hydrogen (secondary N) is 1. The van der Waals surface area contributed by atoms with Crippen molar-refractivity contribution in [2.24, 2.45) is 5.73 Å². The second-order valence-electron chi connectivity index (χ2n) is 4.70. The van der Waals surface area contributed by atoms with Gasteiger partial charge in [-0.25, -0.2) is 0 Å². The molecule has 0 bridgehead atoms. The lowest BCUT2D eigenvalue weighted by Gasteiger charge is -2.41. The molecule has 0 aromatic rings. The van der Waals surface area contributed by atoms with Crippen molar-refractivity contribution in [2.75, 3.05) is 33.9 Å². The first kappa shape index (κ1) is 13.9. The molecule has 0 saturated heterocycles. The highest BCUT2D eigenvalue weighted by atomic mass is 16.5. The summed E-state index contributed by atoms with van der Waals surface area (Å²) in [5.74, 6) is 0. The smallest absolute Gasteiger partial charge is 0.0802 e. The van der Waals surface area contributed by atoms with Crippen LogP contribution in [0.25, 0.3) is 0 Å². The van der Waals surface area contributed by atoms with Gasteiger partial charge in [-0.2, -0.15) is 0 Å². The van der Waals surface area contributed by atoms with E-state index in [0.29, 0.717) is 6.04 Å². The van der Waals surface area contributed by atoms with Crippen molar-refractivity contribution in [2.45, 2.75) is 43.7 Å². The van der Waals surface area contributed by atoms with Crippen LogP contribution in [0.3, 0.4) is 0 Å². The standard InChI is InChI=1S/C12H26N2O2/c1-15-9-11(5-3-8-13)14-10-12(16-2)6-4-7-12/h11,14H,3-10,13H2,1-2H3. The molecule has 0 aromatic heterocycles. The second kappa shape index (κ2) is 7.22. The molecule has 0 heterocycles. The van der Waals surface area contributed by atoms with Crippen LogP contribution in [0, 0.1) is 0 Å². The Morgan fingerprint density at radius 1 is 1.38 bits per heavy atom. The molecule has 0 radical (unpaired) electrons. The van der Waals surface area contributed by atoms with E-state index in [2.05, 4.69) is 5.32 Å². The molecule has 1 saturated carbocycles. The number of methoxy groups -OCH3 is 2. The zero-order valence-electron chi connectivity index (χ0n) is 10.6. The predicted octanol–water partition coefficient (Wildman–Crippen LogP) is 0.899. The van der Waals surface area contributed by atoms with Crippen molar-refractivity contribution < 1.29 is 9.47 Å². The normalized spacial score (nSPS) is 20.4. The molecule has 1 fully saturated rings. The van der Waals surface area contributed by atoms with E-state index in [0.717, 1.165) is 32.5 Å². The Bertz CT molecular complexity index is 178. The highest BCUT2D eigenvalue weighted by molar-refractivity contribution is 4.92. The van der Waals surface area contributed by atoms with Crippen LogP contribution in [-0.4, -0.2) is 45.6 Å². The van der Waals surface area contributed by atoms with Crippen LogP contribution >= 0.6 is 0 Å². The molecule has 0 amide bonds. The molecule has 3 N–H and O–H groups in total. The summed E-state index contributed by atoms with van der Waals surface area (Å²) in [5.41, 5.74) is 5.62. The summed E-state index contributed by atoms with van der Waals surface area (Å²) in [6.45, 7) is 2.43. The first-order chi connectivity index (χ1) is 7.76. The number of hydrogen-bond acceptors (Lipinski definition) is 4. The van der Waals surface area contributed by atoms with Crippen molar-refractivity contribution in [3.8, 4) is 0 Å². The van der Waals surface area contributed by atoms with E-state index in [-0.39, 0.29) is 5.60 Å². The molecule has 96 valence electrons. The van der Waals surface area contributed by atoms with E-state index in [1.165, 1.54) is 19.3 Å². The van der Waals surface area contributed by atoms with Crippen LogP contribution in [0.1, 0.15) is 32.1 Å². The Labute approximate surface area is 98.9 Å². The zero-order valence-corrected chi connectivity index (χ0v) is 10.6. The Kier molecular flexibility index (Phi) is 6.28. The maximum atomic E-state index is 5.58. The predicted molar refractivity (Wildman–Crippen MR) is 65.5 cm³/mol. The molecule has 1 rings (SSSR count).